The van der Waals surface area contributed by atoms with Crippen molar-refractivity contribution >= 4 is 24.0 Å². The molecule has 1 fully saturated rings. The summed E-state index contributed by atoms with van der Waals surface area (Å²) in [7, 11) is 0. The summed E-state index contributed by atoms with van der Waals surface area (Å²) in [5, 5.41) is 18.9. The number of hydrogen-bond donors (Lipinski definition) is 2. The van der Waals surface area contributed by atoms with Gasteiger partial charge in [0.2, 0.25) is 0 Å². The third kappa shape index (κ3) is 3.86. The Kier molecular flexibility index (Phi) is 5.88. The van der Waals surface area contributed by atoms with Crippen molar-refractivity contribution in [1.29, 1.82) is 0 Å². The third-order valence-electron chi connectivity index (χ3n) is 4.70. The van der Waals surface area contributed by atoms with Gasteiger partial charge in [-0.15, -0.1) is 17.5 Å². The number of halogens is 1. The molecule has 3 heterocycles. The number of carbonyl (C=O) groups is 1. The largest absolute Gasteiger partial charge is 0.319 e. The third-order valence-corrected chi connectivity index (χ3v) is 4.70. The lowest BCUT2D eigenvalue weighted by Gasteiger charge is -2.23. The van der Waals surface area contributed by atoms with Crippen molar-refractivity contribution in [2.45, 2.75) is 25.8 Å². The Hall–Kier alpha value is -2.71. The van der Waals surface area contributed by atoms with E-state index < -0.39 is 0 Å². The van der Waals surface area contributed by atoms with Gasteiger partial charge in [-0.2, -0.15) is 5.10 Å². The van der Waals surface area contributed by atoms with Crippen LogP contribution in [0.1, 0.15) is 35.1 Å². The van der Waals surface area contributed by atoms with Gasteiger partial charge in [0.25, 0.3) is 5.91 Å². The van der Waals surface area contributed by atoms with Gasteiger partial charge in [0.05, 0.1) is 23.1 Å². The second-order valence-electron chi connectivity index (χ2n) is 6.37. The highest BCUT2D eigenvalue weighted by Crippen LogP contribution is 2.22. The highest BCUT2D eigenvalue weighted by molar-refractivity contribution is 6.04. The maximum absolute atomic E-state index is 12.8. The molecule has 1 saturated heterocycles. The first-order valence-electron chi connectivity index (χ1n) is 8.77. The van der Waals surface area contributed by atoms with Crippen molar-refractivity contribution in [2.24, 2.45) is 0 Å². The lowest BCUT2D eigenvalue weighted by molar-refractivity contribution is 0.102. The molecule has 0 saturated carbocycles. The van der Waals surface area contributed by atoms with Crippen LogP contribution < -0.4 is 10.6 Å². The zero-order valence-corrected chi connectivity index (χ0v) is 15.8. The lowest BCUT2D eigenvalue weighted by Crippen LogP contribution is -2.30. The SMILES string of the molecule is Cc1c(C(=O)Nc2ccccc2-n2cccn2)nnn1C1CCNCC1.Cl. The standard InChI is InChI=1S/C18H21N7O.ClH/c1-13-17(22-23-25(13)14-7-10-19-11-8-14)18(26)21-15-5-2-3-6-16(15)24-12-4-9-20-24;/h2-6,9,12,14,19H,7-8,10-11H2,1H3,(H,21,26);1H. The Bertz CT molecular complexity index is 900. The van der Waals surface area contributed by atoms with Gasteiger partial charge >= 0.3 is 0 Å². The molecule has 142 valence electrons. The van der Waals surface area contributed by atoms with E-state index in [4.69, 9.17) is 0 Å². The fourth-order valence-corrected chi connectivity index (χ4v) is 3.32. The summed E-state index contributed by atoms with van der Waals surface area (Å²) in [6, 6.07) is 9.67. The Morgan fingerprint density at radius 3 is 2.74 bits per heavy atom. The van der Waals surface area contributed by atoms with E-state index in [2.05, 4.69) is 26.0 Å². The summed E-state index contributed by atoms with van der Waals surface area (Å²) >= 11 is 0. The first-order chi connectivity index (χ1) is 12.7. The number of rotatable bonds is 4. The van der Waals surface area contributed by atoms with Gasteiger partial charge in [-0.1, -0.05) is 17.3 Å². The molecule has 0 bridgehead atoms. The van der Waals surface area contributed by atoms with Crippen molar-refractivity contribution in [3.63, 3.8) is 0 Å². The van der Waals surface area contributed by atoms with Crippen molar-refractivity contribution in [1.82, 2.24) is 30.1 Å². The van der Waals surface area contributed by atoms with Crippen LogP contribution in [0.15, 0.2) is 42.7 Å². The van der Waals surface area contributed by atoms with Crippen LogP contribution in [-0.4, -0.2) is 43.8 Å². The molecule has 0 aliphatic carbocycles. The van der Waals surface area contributed by atoms with Crippen LogP contribution in [0, 0.1) is 6.92 Å². The average Bonchev–Trinajstić information content (AvgIpc) is 3.33. The maximum Gasteiger partial charge on any atom is 0.278 e. The summed E-state index contributed by atoms with van der Waals surface area (Å²) in [5.41, 5.74) is 2.64. The zero-order chi connectivity index (χ0) is 17.9. The van der Waals surface area contributed by atoms with E-state index in [0.29, 0.717) is 17.4 Å². The van der Waals surface area contributed by atoms with E-state index in [-0.39, 0.29) is 18.3 Å². The van der Waals surface area contributed by atoms with Gasteiger partial charge in [-0.25, -0.2) is 9.36 Å². The van der Waals surface area contributed by atoms with Crippen LogP contribution in [0.25, 0.3) is 5.69 Å². The fraction of sp³-hybridized carbons (Fsp3) is 0.333. The van der Waals surface area contributed by atoms with Gasteiger partial charge in [0.15, 0.2) is 5.69 Å². The minimum atomic E-state index is -0.262. The number of amides is 1. The molecule has 0 atom stereocenters. The Balaban J connectivity index is 0.00000210. The van der Waals surface area contributed by atoms with E-state index in [9.17, 15) is 4.79 Å². The number of anilines is 1. The first kappa shape index (κ1) is 19.1. The van der Waals surface area contributed by atoms with Crippen LogP contribution in [0.3, 0.4) is 0 Å². The number of piperidine rings is 1. The number of nitrogens with zero attached hydrogens (tertiary/aromatic N) is 5. The number of aromatic nitrogens is 5. The minimum absolute atomic E-state index is 0. The van der Waals surface area contributed by atoms with Gasteiger partial charge in [0, 0.05) is 12.4 Å². The molecule has 2 N–H and O–H groups in total. The molecule has 1 amide bonds. The molecule has 1 aliphatic heterocycles. The summed E-state index contributed by atoms with van der Waals surface area (Å²) in [4.78, 5) is 12.8. The molecule has 3 aromatic rings. The molecule has 0 unspecified atom stereocenters. The zero-order valence-electron chi connectivity index (χ0n) is 15.0. The van der Waals surface area contributed by atoms with Gasteiger partial charge in [-0.3, -0.25) is 4.79 Å². The van der Waals surface area contributed by atoms with Crippen molar-refractivity contribution in [3.05, 3.63) is 54.1 Å². The molecule has 4 rings (SSSR count). The summed E-state index contributed by atoms with van der Waals surface area (Å²) in [5.74, 6) is -0.262. The molecule has 9 heteroatoms. The van der Waals surface area contributed by atoms with Crippen LogP contribution in [0.2, 0.25) is 0 Å². The molecule has 0 radical (unpaired) electrons. The number of carbonyl (C=O) groups excluding carboxylic acids is 1. The summed E-state index contributed by atoms with van der Waals surface area (Å²) in [6.45, 7) is 3.82. The Labute approximate surface area is 163 Å². The van der Waals surface area contributed by atoms with Gasteiger partial charge in [0.1, 0.15) is 0 Å². The maximum atomic E-state index is 12.8. The number of nitrogens with one attached hydrogen (secondary N) is 2. The molecule has 1 aliphatic rings. The van der Waals surface area contributed by atoms with E-state index in [0.717, 1.165) is 37.3 Å². The minimum Gasteiger partial charge on any atom is -0.319 e. The van der Waals surface area contributed by atoms with Gasteiger partial charge in [-0.05, 0) is 51.1 Å². The monoisotopic (exact) mass is 387 g/mol. The smallest absolute Gasteiger partial charge is 0.278 e. The Morgan fingerprint density at radius 2 is 2.00 bits per heavy atom. The normalized spacial score (nSPS) is 14.6. The quantitative estimate of drug-likeness (QED) is 0.717. The van der Waals surface area contributed by atoms with Crippen molar-refractivity contribution < 1.29 is 4.79 Å². The van der Waals surface area contributed by atoms with Crippen LogP contribution in [0.5, 0.6) is 0 Å². The highest BCUT2D eigenvalue weighted by Gasteiger charge is 2.23. The van der Waals surface area contributed by atoms with Crippen LogP contribution >= 0.6 is 12.4 Å². The highest BCUT2D eigenvalue weighted by atomic mass is 35.5. The molecular weight excluding hydrogens is 366 g/mol. The van der Waals surface area contributed by atoms with Crippen molar-refractivity contribution in [2.75, 3.05) is 18.4 Å². The number of para-hydroxylation sites is 2. The average molecular weight is 388 g/mol. The van der Waals surface area contributed by atoms with Gasteiger partial charge < -0.3 is 10.6 Å². The van der Waals surface area contributed by atoms with Crippen LogP contribution in [0.4, 0.5) is 5.69 Å². The van der Waals surface area contributed by atoms with Crippen molar-refractivity contribution in [3.8, 4) is 5.69 Å². The summed E-state index contributed by atoms with van der Waals surface area (Å²) in [6.07, 6.45) is 5.53. The molecule has 8 nitrogen and oxygen atoms in total. The second kappa shape index (κ2) is 8.32. The summed E-state index contributed by atoms with van der Waals surface area (Å²) < 4.78 is 3.60. The molecular formula is C18H22ClN7O. The van der Waals surface area contributed by atoms with E-state index in [1.165, 1.54) is 0 Å². The molecule has 0 spiro atoms. The number of hydrogen-bond acceptors (Lipinski definition) is 5. The molecule has 2 aromatic heterocycles. The molecule has 1 aromatic carbocycles. The van der Waals surface area contributed by atoms with E-state index in [1.54, 1.807) is 10.9 Å². The van der Waals surface area contributed by atoms with E-state index in [1.807, 2.05) is 48.1 Å². The van der Waals surface area contributed by atoms with E-state index >= 15 is 0 Å². The second-order valence-corrected chi connectivity index (χ2v) is 6.37. The fourth-order valence-electron chi connectivity index (χ4n) is 3.32. The topological polar surface area (TPSA) is 89.7 Å². The Morgan fingerprint density at radius 1 is 1.22 bits per heavy atom. The predicted octanol–water partition coefficient (Wildman–Crippen LogP) is 2.37. The lowest BCUT2D eigenvalue weighted by atomic mass is 10.1. The first-order valence-corrected chi connectivity index (χ1v) is 8.77. The predicted molar refractivity (Wildman–Crippen MR) is 105 cm³/mol. The number of benzene rings is 1. The molecule has 27 heavy (non-hydrogen) atoms. The van der Waals surface area contributed by atoms with Crippen LogP contribution in [-0.2, 0) is 0 Å².